The van der Waals surface area contributed by atoms with Crippen molar-refractivity contribution in [3.8, 4) is 0 Å². The fourth-order valence-electron chi connectivity index (χ4n) is 1.97. The van der Waals surface area contributed by atoms with Gasteiger partial charge in [-0.05, 0) is 30.3 Å². The summed E-state index contributed by atoms with van der Waals surface area (Å²) in [5.41, 5.74) is 0.0156. The van der Waals surface area contributed by atoms with Crippen molar-refractivity contribution >= 4 is 38.3 Å². The minimum Gasteiger partial charge on any atom is -0.306 e. The summed E-state index contributed by atoms with van der Waals surface area (Å²) in [6.45, 7) is 0. The molecule has 0 aliphatic heterocycles. The average molecular weight is 342 g/mol. The lowest BCUT2D eigenvalue weighted by molar-refractivity contribution is 0.598. The van der Waals surface area contributed by atoms with Crippen molar-refractivity contribution in [3.05, 3.63) is 57.7 Å². The van der Waals surface area contributed by atoms with Crippen LogP contribution in [0, 0.1) is 5.82 Å². The highest BCUT2D eigenvalue weighted by molar-refractivity contribution is 7.92. The fraction of sp³-hybridized carbons (Fsp3) is 0. The predicted octanol–water partition coefficient (Wildman–Crippen LogP) is 2.45. The van der Waals surface area contributed by atoms with Crippen molar-refractivity contribution in [3.63, 3.8) is 0 Å². The van der Waals surface area contributed by atoms with Crippen LogP contribution in [0.25, 0.3) is 11.0 Å². The molecule has 1 aromatic heterocycles. The number of aromatic nitrogens is 2. The number of halogens is 2. The van der Waals surface area contributed by atoms with Crippen LogP contribution < -0.4 is 10.4 Å². The first-order chi connectivity index (χ1) is 10.4. The zero-order chi connectivity index (χ0) is 15.9. The van der Waals surface area contributed by atoms with Crippen molar-refractivity contribution in [1.82, 2.24) is 9.97 Å². The van der Waals surface area contributed by atoms with Gasteiger partial charge in [0.2, 0.25) is 0 Å². The minimum atomic E-state index is -4.05. The van der Waals surface area contributed by atoms with Crippen LogP contribution in [0.1, 0.15) is 0 Å². The third kappa shape index (κ3) is 2.58. The van der Waals surface area contributed by atoms with E-state index >= 15 is 0 Å². The summed E-state index contributed by atoms with van der Waals surface area (Å²) in [7, 11) is -4.05. The highest BCUT2D eigenvalue weighted by Gasteiger charge is 2.19. The Morgan fingerprint density at radius 2 is 1.82 bits per heavy atom. The molecule has 0 saturated carbocycles. The summed E-state index contributed by atoms with van der Waals surface area (Å²) in [6, 6.07) is 7.83. The van der Waals surface area contributed by atoms with E-state index in [4.69, 9.17) is 11.6 Å². The number of anilines is 1. The zero-order valence-corrected chi connectivity index (χ0v) is 12.4. The molecule has 0 aliphatic carbocycles. The first kappa shape index (κ1) is 14.6. The number of fused-ring (bicyclic) bond motifs is 1. The molecule has 0 atom stereocenters. The molecule has 0 bridgehead atoms. The quantitative estimate of drug-likeness (QED) is 0.683. The fourth-order valence-corrected chi connectivity index (χ4v) is 3.35. The van der Waals surface area contributed by atoms with Crippen LogP contribution >= 0.6 is 11.6 Å². The second-order valence-corrected chi connectivity index (χ2v) is 6.58. The molecule has 0 aliphatic rings. The van der Waals surface area contributed by atoms with Crippen LogP contribution in [0.2, 0.25) is 5.02 Å². The molecular formula is C13H9ClFN3O3S. The van der Waals surface area contributed by atoms with Crippen molar-refractivity contribution < 1.29 is 12.8 Å². The molecule has 6 nitrogen and oxygen atoms in total. The number of sulfonamides is 1. The van der Waals surface area contributed by atoms with Gasteiger partial charge in [-0.2, -0.15) is 0 Å². The van der Waals surface area contributed by atoms with Crippen molar-refractivity contribution in [1.29, 1.82) is 0 Å². The van der Waals surface area contributed by atoms with E-state index in [1.807, 2.05) is 0 Å². The molecule has 0 amide bonds. The van der Waals surface area contributed by atoms with Gasteiger partial charge in [0.1, 0.15) is 11.5 Å². The van der Waals surface area contributed by atoms with E-state index in [2.05, 4.69) is 14.7 Å². The smallest absolute Gasteiger partial charge is 0.306 e. The van der Waals surface area contributed by atoms with Gasteiger partial charge in [-0.1, -0.05) is 17.7 Å². The lowest BCUT2D eigenvalue weighted by Gasteiger charge is -2.10. The van der Waals surface area contributed by atoms with Crippen LogP contribution in [0.3, 0.4) is 0 Å². The average Bonchev–Trinajstić information content (AvgIpc) is 2.82. The molecule has 0 saturated heterocycles. The normalized spacial score (nSPS) is 11.7. The molecule has 1 heterocycles. The number of nitrogens with one attached hydrogen (secondary N) is 3. The van der Waals surface area contributed by atoms with E-state index in [-0.39, 0.29) is 15.6 Å². The Morgan fingerprint density at radius 3 is 2.55 bits per heavy atom. The van der Waals surface area contributed by atoms with Gasteiger partial charge >= 0.3 is 5.69 Å². The highest BCUT2D eigenvalue weighted by Crippen LogP contribution is 2.27. The van der Waals surface area contributed by atoms with Crippen LogP contribution in [0.15, 0.2) is 46.1 Å². The maximum Gasteiger partial charge on any atom is 0.323 e. The monoisotopic (exact) mass is 341 g/mol. The van der Waals surface area contributed by atoms with Gasteiger partial charge in [-0.25, -0.2) is 17.6 Å². The summed E-state index contributed by atoms with van der Waals surface area (Å²) in [5, 5.41) is -0.0558. The van der Waals surface area contributed by atoms with Gasteiger partial charge in [0.05, 0.1) is 21.0 Å². The summed E-state index contributed by atoms with van der Waals surface area (Å²) in [5.74, 6) is -0.785. The van der Waals surface area contributed by atoms with E-state index in [0.717, 1.165) is 6.07 Å². The van der Waals surface area contributed by atoms with Crippen LogP contribution in [-0.4, -0.2) is 18.4 Å². The summed E-state index contributed by atoms with van der Waals surface area (Å²) >= 11 is 5.80. The first-order valence-corrected chi connectivity index (χ1v) is 7.92. The van der Waals surface area contributed by atoms with Gasteiger partial charge in [0.25, 0.3) is 10.0 Å². The molecule has 2 aromatic carbocycles. The first-order valence-electron chi connectivity index (χ1n) is 6.06. The molecular weight excluding hydrogens is 333 g/mol. The largest absolute Gasteiger partial charge is 0.323 e. The maximum atomic E-state index is 13.7. The van der Waals surface area contributed by atoms with Gasteiger partial charge in [0.15, 0.2) is 0 Å². The molecule has 0 radical (unpaired) electrons. The molecule has 3 N–H and O–H groups in total. The summed E-state index contributed by atoms with van der Waals surface area (Å²) < 4.78 is 40.4. The zero-order valence-electron chi connectivity index (χ0n) is 10.9. The third-order valence-corrected chi connectivity index (χ3v) is 4.66. The number of aromatic amines is 2. The molecule has 0 spiro atoms. The van der Waals surface area contributed by atoms with Crippen LogP contribution in [0.5, 0.6) is 0 Å². The van der Waals surface area contributed by atoms with Crippen molar-refractivity contribution in [2.75, 3.05) is 4.72 Å². The van der Waals surface area contributed by atoms with E-state index in [0.29, 0.717) is 11.0 Å². The van der Waals surface area contributed by atoms with E-state index in [9.17, 15) is 17.6 Å². The number of H-pyrrole nitrogens is 2. The molecule has 22 heavy (non-hydrogen) atoms. The highest BCUT2D eigenvalue weighted by atomic mass is 35.5. The molecule has 114 valence electrons. The Kier molecular flexibility index (Phi) is 3.42. The minimum absolute atomic E-state index is 0.0558. The van der Waals surface area contributed by atoms with Crippen LogP contribution in [-0.2, 0) is 10.0 Å². The second-order valence-electron chi connectivity index (χ2n) is 4.49. The Labute approximate surface area is 129 Å². The van der Waals surface area contributed by atoms with Gasteiger partial charge < -0.3 is 9.97 Å². The second kappa shape index (κ2) is 5.15. The molecule has 3 aromatic rings. The summed E-state index contributed by atoms with van der Waals surface area (Å²) in [6.07, 6.45) is 0. The number of para-hydroxylation sites is 1. The number of benzene rings is 2. The number of rotatable bonds is 3. The lowest BCUT2D eigenvalue weighted by atomic mass is 10.3. The molecule has 0 fully saturated rings. The number of imidazole rings is 1. The van der Waals surface area contributed by atoms with E-state index in [1.54, 1.807) is 0 Å². The Hall–Kier alpha value is -2.32. The predicted molar refractivity (Wildman–Crippen MR) is 81.1 cm³/mol. The molecule has 0 unspecified atom stereocenters. The Bertz CT molecular complexity index is 1010. The van der Waals surface area contributed by atoms with Gasteiger partial charge in [0, 0.05) is 0 Å². The summed E-state index contributed by atoms with van der Waals surface area (Å²) in [4.78, 5) is 16.0. The maximum absolute atomic E-state index is 13.7. The van der Waals surface area contributed by atoms with Crippen molar-refractivity contribution in [2.45, 2.75) is 4.90 Å². The molecule has 9 heteroatoms. The van der Waals surface area contributed by atoms with Gasteiger partial charge in [-0.3, -0.25) is 4.72 Å². The number of hydrogen-bond donors (Lipinski definition) is 3. The third-order valence-electron chi connectivity index (χ3n) is 3.00. The Morgan fingerprint density at radius 1 is 1.09 bits per heavy atom. The van der Waals surface area contributed by atoms with Crippen molar-refractivity contribution in [2.24, 2.45) is 0 Å². The topological polar surface area (TPSA) is 94.8 Å². The number of hydrogen-bond acceptors (Lipinski definition) is 3. The standard InChI is InChI=1S/C13H9ClFN3O3S/c14-8-2-1-3-9(15)12(8)18-22(20,21)7-4-5-10-11(6-7)17-13(19)16-10/h1-6,18H,(H2,16,17,19). The molecule has 3 rings (SSSR count). The van der Waals surface area contributed by atoms with E-state index in [1.165, 1.54) is 30.3 Å². The SMILES string of the molecule is O=c1[nH]c2ccc(S(=O)(=O)Nc3c(F)cccc3Cl)cc2[nH]1. The van der Waals surface area contributed by atoms with E-state index < -0.39 is 21.5 Å². The Balaban J connectivity index is 2.06. The lowest BCUT2D eigenvalue weighted by Crippen LogP contribution is -2.14. The van der Waals surface area contributed by atoms with Crippen LogP contribution in [0.4, 0.5) is 10.1 Å². The van der Waals surface area contributed by atoms with Gasteiger partial charge in [-0.15, -0.1) is 0 Å².